The fourth-order valence-electron chi connectivity index (χ4n) is 2.34. The van der Waals surface area contributed by atoms with Crippen LogP contribution in [-0.2, 0) is 9.53 Å². The topological polar surface area (TPSA) is 77.8 Å². The van der Waals surface area contributed by atoms with Crippen molar-refractivity contribution in [2.75, 3.05) is 12.4 Å². The van der Waals surface area contributed by atoms with Crippen LogP contribution in [0.3, 0.4) is 0 Å². The van der Waals surface area contributed by atoms with Gasteiger partial charge in [0.1, 0.15) is 11.3 Å². The maximum absolute atomic E-state index is 12.2. The van der Waals surface area contributed by atoms with Crippen LogP contribution in [0.25, 0.3) is 11.0 Å². The minimum absolute atomic E-state index is 0.0538. The van der Waals surface area contributed by atoms with Gasteiger partial charge in [-0.25, -0.2) is 4.79 Å². The van der Waals surface area contributed by atoms with E-state index in [-0.39, 0.29) is 5.76 Å². The van der Waals surface area contributed by atoms with Crippen LogP contribution in [0.4, 0.5) is 5.69 Å². The van der Waals surface area contributed by atoms with Crippen molar-refractivity contribution in [3.8, 4) is 5.75 Å². The van der Waals surface area contributed by atoms with E-state index in [9.17, 15) is 9.59 Å². The highest BCUT2D eigenvalue weighted by Crippen LogP contribution is 2.24. The normalized spacial score (nSPS) is 11.8. The molecule has 0 saturated heterocycles. The number of carbonyl (C=O) groups excluding carboxylic acids is 2. The maximum Gasteiger partial charge on any atom is 0.375 e. The highest BCUT2D eigenvalue weighted by Gasteiger charge is 2.22. The van der Waals surface area contributed by atoms with Crippen LogP contribution in [0.5, 0.6) is 5.75 Å². The van der Waals surface area contributed by atoms with Gasteiger partial charge in [0, 0.05) is 5.39 Å². The molecule has 0 fully saturated rings. The summed E-state index contributed by atoms with van der Waals surface area (Å²) in [7, 11) is 1.51. The molecule has 6 nitrogen and oxygen atoms in total. The Bertz CT molecular complexity index is 882. The zero-order valence-corrected chi connectivity index (χ0v) is 13.8. The predicted molar refractivity (Wildman–Crippen MR) is 92.7 cm³/mol. The first-order valence-electron chi connectivity index (χ1n) is 7.72. The zero-order chi connectivity index (χ0) is 17.8. The summed E-state index contributed by atoms with van der Waals surface area (Å²) in [6, 6.07) is 15.8. The summed E-state index contributed by atoms with van der Waals surface area (Å²) in [6.07, 6.45) is -0.995. The van der Waals surface area contributed by atoms with Crippen LogP contribution < -0.4 is 10.1 Å². The molecule has 0 unspecified atom stereocenters. The Morgan fingerprint density at radius 2 is 1.80 bits per heavy atom. The number of hydrogen-bond acceptors (Lipinski definition) is 5. The summed E-state index contributed by atoms with van der Waals surface area (Å²) in [5.74, 6) is -0.586. The van der Waals surface area contributed by atoms with Crippen molar-refractivity contribution >= 4 is 28.5 Å². The van der Waals surface area contributed by atoms with Crippen molar-refractivity contribution in [2.45, 2.75) is 13.0 Å². The molecule has 3 aromatic rings. The van der Waals surface area contributed by atoms with Crippen molar-refractivity contribution in [2.24, 2.45) is 0 Å². The van der Waals surface area contributed by atoms with Gasteiger partial charge < -0.3 is 19.2 Å². The first kappa shape index (κ1) is 16.6. The third-order valence-electron chi connectivity index (χ3n) is 3.64. The first-order valence-corrected chi connectivity index (χ1v) is 7.72. The van der Waals surface area contributed by atoms with Gasteiger partial charge in [-0.2, -0.15) is 0 Å². The van der Waals surface area contributed by atoms with Crippen molar-refractivity contribution in [3.63, 3.8) is 0 Å². The quantitative estimate of drug-likeness (QED) is 0.718. The lowest BCUT2D eigenvalue weighted by Gasteiger charge is -2.14. The van der Waals surface area contributed by atoms with E-state index in [0.717, 1.165) is 5.39 Å². The van der Waals surface area contributed by atoms with Gasteiger partial charge in [-0.3, -0.25) is 4.79 Å². The van der Waals surface area contributed by atoms with Gasteiger partial charge >= 0.3 is 5.97 Å². The van der Waals surface area contributed by atoms with Crippen LogP contribution in [-0.4, -0.2) is 25.1 Å². The Balaban J connectivity index is 1.67. The van der Waals surface area contributed by atoms with Crippen molar-refractivity contribution in [3.05, 3.63) is 60.4 Å². The van der Waals surface area contributed by atoms with Crippen LogP contribution in [0.1, 0.15) is 17.5 Å². The van der Waals surface area contributed by atoms with Crippen LogP contribution in [0.2, 0.25) is 0 Å². The summed E-state index contributed by atoms with van der Waals surface area (Å²) in [5, 5.41) is 3.47. The second kappa shape index (κ2) is 7.09. The molecule has 128 valence electrons. The Labute approximate surface area is 144 Å². The second-order valence-corrected chi connectivity index (χ2v) is 5.39. The van der Waals surface area contributed by atoms with E-state index >= 15 is 0 Å². The number of fused-ring (bicyclic) bond motifs is 1. The minimum atomic E-state index is -0.995. The smallest absolute Gasteiger partial charge is 0.375 e. The average Bonchev–Trinajstić information content (AvgIpc) is 3.06. The molecule has 2 aromatic carbocycles. The van der Waals surface area contributed by atoms with E-state index in [1.54, 1.807) is 36.4 Å². The molecule has 3 rings (SSSR count). The van der Waals surface area contributed by atoms with E-state index in [1.807, 2.05) is 18.2 Å². The van der Waals surface area contributed by atoms with E-state index in [1.165, 1.54) is 14.0 Å². The Kier molecular flexibility index (Phi) is 4.70. The number of anilines is 1. The van der Waals surface area contributed by atoms with Crippen LogP contribution in [0.15, 0.2) is 59.0 Å². The minimum Gasteiger partial charge on any atom is -0.495 e. The summed E-state index contributed by atoms with van der Waals surface area (Å²) >= 11 is 0. The van der Waals surface area contributed by atoms with Crippen molar-refractivity contribution in [1.29, 1.82) is 0 Å². The monoisotopic (exact) mass is 339 g/mol. The molecule has 0 bridgehead atoms. The summed E-state index contributed by atoms with van der Waals surface area (Å²) in [5.41, 5.74) is 1.09. The molecule has 0 saturated carbocycles. The number of rotatable bonds is 5. The van der Waals surface area contributed by atoms with Gasteiger partial charge in [0.15, 0.2) is 6.10 Å². The second-order valence-electron chi connectivity index (χ2n) is 5.39. The number of benzene rings is 2. The molecule has 1 heterocycles. The highest BCUT2D eigenvalue weighted by atomic mass is 16.6. The third-order valence-corrected chi connectivity index (χ3v) is 3.64. The molecule has 0 spiro atoms. The summed E-state index contributed by atoms with van der Waals surface area (Å²) in [4.78, 5) is 24.4. The maximum atomic E-state index is 12.2. The van der Waals surface area contributed by atoms with Gasteiger partial charge in [0.05, 0.1) is 12.8 Å². The van der Waals surface area contributed by atoms with E-state index in [0.29, 0.717) is 17.0 Å². The molecule has 0 aliphatic rings. The van der Waals surface area contributed by atoms with Gasteiger partial charge in [0.25, 0.3) is 5.91 Å². The first-order chi connectivity index (χ1) is 12.1. The van der Waals surface area contributed by atoms with Crippen molar-refractivity contribution < 1.29 is 23.5 Å². The van der Waals surface area contributed by atoms with E-state index in [2.05, 4.69) is 5.32 Å². The molecule has 6 heteroatoms. The van der Waals surface area contributed by atoms with Crippen LogP contribution in [0, 0.1) is 0 Å². The molecular formula is C19H17NO5. The standard InChI is InChI=1S/C19H17NO5/c1-12(18(21)20-14-8-4-6-10-16(14)23-2)24-19(22)17-11-13-7-3-5-9-15(13)25-17/h3-12H,1-2H3,(H,20,21)/t12-/m1/s1. The number of para-hydroxylation sites is 3. The third kappa shape index (κ3) is 3.63. The molecule has 1 N–H and O–H groups in total. The fraction of sp³-hybridized carbons (Fsp3) is 0.158. The Morgan fingerprint density at radius 1 is 1.08 bits per heavy atom. The molecule has 1 aromatic heterocycles. The molecule has 0 radical (unpaired) electrons. The number of ether oxygens (including phenoxy) is 2. The number of amides is 1. The lowest BCUT2D eigenvalue weighted by atomic mass is 10.2. The molecule has 0 aliphatic heterocycles. The highest BCUT2D eigenvalue weighted by molar-refractivity contribution is 5.98. The summed E-state index contributed by atoms with van der Waals surface area (Å²) in [6.45, 7) is 1.49. The van der Waals surface area contributed by atoms with Gasteiger partial charge in [0.2, 0.25) is 5.76 Å². The van der Waals surface area contributed by atoms with Gasteiger partial charge in [-0.1, -0.05) is 30.3 Å². The Hall–Kier alpha value is -3.28. The van der Waals surface area contributed by atoms with Gasteiger partial charge in [-0.05, 0) is 31.2 Å². The number of esters is 1. The SMILES string of the molecule is COc1ccccc1NC(=O)[C@@H](C)OC(=O)c1cc2ccccc2o1. The largest absolute Gasteiger partial charge is 0.495 e. The van der Waals surface area contributed by atoms with Crippen LogP contribution >= 0.6 is 0 Å². The molecule has 1 amide bonds. The molecule has 0 aliphatic carbocycles. The average molecular weight is 339 g/mol. The summed E-state index contributed by atoms with van der Waals surface area (Å²) < 4.78 is 15.8. The number of nitrogens with one attached hydrogen (secondary N) is 1. The molecule has 25 heavy (non-hydrogen) atoms. The number of hydrogen-bond donors (Lipinski definition) is 1. The number of furan rings is 1. The molecular weight excluding hydrogens is 322 g/mol. The van der Waals surface area contributed by atoms with E-state index < -0.39 is 18.0 Å². The molecule has 1 atom stereocenters. The number of carbonyl (C=O) groups is 2. The Morgan fingerprint density at radius 3 is 2.56 bits per heavy atom. The number of methoxy groups -OCH3 is 1. The lowest BCUT2D eigenvalue weighted by molar-refractivity contribution is -0.123. The fourth-order valence-corrected chi connectivity index (χ4v) is 2.34. The van der Waals surface area contributed by atoms with Crippen molar-refractivity contribution in [1.82, 2.24) is 0 Å². The van der Waals surface area contributed by atoms with Gasteiger partial charge in [-0.15, -0.1) is 0 Å². The zero-order valence-electron chi connectivity index (χ0n) is 13.8. The predicted octanol–water partition coefficient (Wildman–Crippen LogP) is 3.63. The lowest BCUT2D eigenvalue weighted by Crippen LogP contribution is -2.30. The van der Waals surface area contributed by atoms with E-state index in [4.69, 9.17) is 13.9 Å².